The first-order valence-electron chi connectivity index (χ1n) is 13.0. The summed E-state index contributed by atoms with van der Waals surface area (Å²) in [6.07, 6.45) is 1.81. The van der Waals surface area contributed by atoms with Gasteiger partial charge in [-0.25, -0.2) is 9.78 Å². The van der Waals surface area contributed by atoms with Crippen LogP contribution in [0.3, 0.4) is 0 Å². The third-order valence-electron chi connectivity index (χ3n) is 7.86. The monoisotopic (exact) mass is 560 g/mol. The summed E-state index contributed by atoms with van der Waals surface area (Å²) in [6, 6.07) is 15.8. The van der Waals surface area contributed by atoms with E-state index in [0.717, 1.165) is 80.0 Å². The van der Waals surface area contributed by atoms with Gasteiger partial charge in [0.2, 0.25) is 0 Å². The van der Waals surface area contributed by atoms with Crippen molar-refractivity contribution in [1.29, 1.82) is 0 Å². The third kappa shape index (κ3) is 4.56. The van der Waals surface area contributed by atoms with Crippen LogP contribution >= 0.6 is 22.9 Å². The van der Waals surface area contributed by atoms with Crippen molar-refractivity contribution in [2.45, 2.75) is 32.2 Å². The molecule has 0 spiro atoms. The molecule has 0 radical (unpaired) electrons. The lowest BCUT2D eigenvalue weighted by Crippen LogP contribution is -2.35. The maximum Gasteiger partial charge on any atom is 0.329 e. The fourth-order valence-electron chi connectivity index (χ4n) is 5.77. The van der Waals surface area contributed by atoms with Gasteiger partial charge in [0.15, 0.2) is 0 Å². The minimum atomic E-state index is -0.876. The lowest BCUT2D eigenvalue weighted by Gasteiger charge is -2.29. The Morgan fingerprint density at radius 2 is 1.74 bits per heavy atom. The fourth-order valence-corrected chi connectivity index (χ4v) is 7.03. The Bertz CT molecular complexity index is 1790. The van der Waals surface area contributed by atoms with E-state index < -0.39 is 5.97 Å². The number of carboxylic acids is 1. The van der Waals surface area contributed by atoms with E-state index in [0.29, 0.717) is 5.02 Å². The second-order valence-electron chi connectivity index (χ2n) is 10.4. The van der Waals surface area contributed by atoms with Gasteiger partial charge in [0, 0.05) is 29.2 Å². The van der Waals surface area contributed by atoms with Crippen molar-refractivity contribution in [1.82, 2.24) is 19.0 Å². The zero-order valence-electron chi connectivity index (χ0n) is 22.1. The van der Waals surface area contributed by atoms with Crippen molar-refractivity contribution in [3.8, 4) is 21.7 Å². The maximum absolute atomic E-state index is 13.3. The van der Waals surface area contributed by atoms with E-state index in [9.17, 15) is 14.7 Å². The smallest absolute Gasteiger partial charge is 0.329 e. The van der Waals surface area contributed by atoms with E-state index >= 15 is 0 Å². The number of imidazole rings is 1. The first-order valence-corrected chi connectivity index (χ1v) is 14.2. The average Bonchev–Trinajstić information content (AvgIpc) is 3.43. The van der Waals surface area contributed by atoms with E-state index in [2.05, 4.69) is 18.0 Å². The number of fused-ring (bicyclic) bond motifs is 2. The number of thiazole rings is 1. The van der Waals surface area contributed by atoms with Gasteiger partial charge in [-0.3, -0.25) is 13.9 Å². The van der Waals surface area contributed by atoms with Gasteiger partial charge in [0.1, 0.15) is 5.01 Å². The zero-order chi connectivity index (χ0) is 27.4. The van der Waals surface area contributed by atoms with Crippen LogP contribution in [0.2, 0.25) is 5.02 Å². The molecule has 0 bridgehead atoms. The number of aryl methyl sites for hydroxylation is 2. The summed E-state index contributed by atoms with van der Waals surface area (Å²) in [4.78, 5) is 32.4. The number of halogens is 1. The van der Waals surface area contributed by atoms with Crippen LogP contribution in [0.25, 0.3) is 42.9 Å². The Hall–Kier alpha value is -3.46. The molecule has 7 nitrogen and oxygen atoms in total. The molecule has 39 heavy (non-hydrogen) atoms. The second kappa shape index (κ2) is 9.93. The van der Waals surface area contributed by atoms with Crippen molar-refractivity contribution in [2.75, 3.05) is 20.1 Å². The average molecular weight is 561 g/mol. The molecule has 1 aliphatic rings. The number of piperidine rings is 1. The van der Waals surface area contributed by atoms with Gasteiger partial charge in [-0.15, -0.1) is 11.3 Å². The van der Waals surface area contributed by atoms with Crippen LogP contribution < -0.4 is 5.69 Å². The molecule has 0 aliphatic carbocycles. The first-order chi connectivity index (χ1) is 18.7. The van der Waals surface area contributed by atoms with Crippen LogP contribution in [0.15, 0.2) is 53.3 Å². The molecule has 0 saturated carbocycles. The van der Waals surface area contributed by atoms with E-state index in [-0.39, 0.29) is 18.2 Å². The van der Waals surface area contributed by atoms with Gasteiger partial charge in [-0.1, -0.05) is 23.7 Å². The van der Waals surface area contributed by atoms with Crippen LogP contribution in [0.1, 0.15) is 30.0 Å². The Labute approximate surface area is 234 Å². The SMILES string of the molecule is Cc1cc2nc(-c3ccc4c(c3)n(C3CCN(C)CC3)c(=O)n4C)sc2c(-c2ccc(Cl)cc2)c1CC(=O)O. The molecular formula is C30H29ClN4O3S. The topological polar surface area (TPSA) is 80.4 Å². The number of aromatic nitrogens is 3. The summed E-state index contributed by atoms with van der Waals surface area (Å²) in [5, 5.41) is 11.1. The number of aliphatic carboxylic acids is 1. The maximum atomic E-state index is 13.3. The molecule has 0 unspecified atom stereocenters. The summed E-state index contributed by atoms with van der Waals surface area (Å²) in [5.41, 5.74) is 7.08. The molecular weight excluding hydrogens is 532 g/mol. The first kappa shape index (κ1) is 25.8. The standard InChI is InChI=1S/C30H29ClN4O3S/c1-17-14-23-28(27(22(17)16-26(36)37)18-4-7-20(31)8-5-18)39-29(32-23)19-6-9-24-25(15-19)35(30(38)34(24)3)21-10-12-33(2)13-11-21/h4-9,14-15,21H,10-13,16H2,1-3H3,(H,36,37). The van der Waals surface area contributed by atoms with Crippen molar-refractivity contribution in [3.63, 3.8) is 0 Å². The van der Waals surface area contributed by atoms with E-state index in [1.807, 2.05) is 61.0 Å². The normalized spacial score (nSPS) is 15.0. The predicted molar refractivity (Wildman–Crippen MR) is 158 cm³/mol. The number of hydrogen-bond donors (Lipinski definition) is 1. The molecule has 3 heterocycles. The highest BCUT2D eigenvalue weighted by molar-refractivity contribution is 7.22. The molecule has 6 rings (SSSR count). The zero-order valence-corrected chi connectivity index (χ0v) is 23.6. The van der Waals surface area contributed by atoms with Crippen LogP contribution in [-0.4, -0.2) is 50.2 Å². The molecule has 2 aromatic heterocycles. The highest BCUT2D eigenvalue weighted by atomic mass is 35.5. The van der Waals surface area contributed by atoms with Crippen molar-refractivity contribution >= 4 is 50.2 Å². The Balaban J connectivity index is 1.53. The van der Waals surface area contributed by atoms with Gasteiger partial charge < -0.3 is 10.0 Å². The Kier molecular flexibility index (Phi) is 6.57. The molecule has 1 fully saturated rings. The summed E-state index contributed by atoms with van der Waals surface area (Å²) in [6.45, 7) is 3.87. The minimum absolute atomic E-state index is 0.0139. The van der Waals surface area contributed by atoms with E-state index in [4.69, 9.17) is 16.6 Å². The van der Waals surface area contributed by atoms with E-state index in [1.54, 1.807) is 15.9 Å². The molecule has 1 aliphatic heterocycles. The minimum Gasteiger partial charge on any atom is -0.481 e. The van der Waals surface area contributed by atoms with Gasteiger partial charge in [-0.2, -0.15) is 0 Å². The van der Waals surface area contributed by atoms with Crippen molar-refractivity contribution in [2.24, 2.45) is 7.05 Å². The van der Waals surface area contributed by atoms with Crippen LogP contribution in [0.5, 0.6) is 0 Å². The Morgan fingerprint density at radius 3 is 2.44 bits per heavy atom. The number of benzene rings is 3. The third-order valence-corrected chi connectivity index (χ3v) is 9.25. The highest BCUT2D eigenvalue weighted by Gasteiger charge is 2.24. The molecule has 0 amide bonds. The number of hydrogen-bond acceptors (Lipinski definition) is 5. The number of carboxylic acid groups (broad SMARTS) is 1. The lowest BCUT2D eigenvalue weighted by molar-refractivity contribution is -0.136. The van der Waals surface area contributed by atoms with Crippen molar-refractivity contribution < 1.29 is 9.90 Å². The summed E-state index contributed by atoms with van der Waals surface area (Å²) >= 11 is 7.71. The number of likely N-dealkylation sites (tertiary alicyclic amines) is 1. The van der Waals surface area contributed by atoms with E-state index in [1.165, 1.54) is 0 Å². The van der Waals surface area contributed by atoms with Crippen LogP contribution in [-0.2, 0) is 18.3 Å². The highest BCUT2D eigenvalue weighted by Crippen LogP contribution is 2.41. The molecule has 1 saturated heterocycles. The van der Waals surface area contributed by atoms with Gasteiger partial charge in [-0.05, 0) is 93.0 Å². The van der Waals surface area contributed by atoms with Crippen LogP contribution in [0.4, 0.5) is 0 Å². The molecule has 9 heteroatoms. The predicted octanol–water partition coefficient (Wildman–Crippen LogP) is 6.14. The van der Waals surface area contributed by atoms with Crippen molar-refractivity contribution in [3.05, 3.63) is 75.2 Å². The summed E-state index contributed by atoms with van der Waals surface area (Å²) < 4.78 is 4.64. The molecule has 200 valence electrons. The summed E-state index contributed by atoms with van der Waals surface area (Å²) in [7, 11) is 3.95. The fraction of sp³-hybridized carbons (Fsp3) is 0.300. The number of nitrogens with zero attached hydrogens (tertiary/aromatic N) is 4. The Morgan fingerprint density at radius 1 is 1.05 bits per heavy atom. The van der Waals surface area contributed by atoms with Crippen LogP contribution in [0, 0.1) is 6.92 Å². The number of rotatable bonds is 5. The lowest BCUT2D eigenvalue weighted by atomic mass is 9.93. The molecule has 5 aromatic rings. The summed E-state index contributed by atoms with van der Waals surface area (Å²) in [5.74, 6) is -0.876. The molecule has 0 atom stereocenters. The molecule has 3 aromatic carbocycles. The van der Waals surface area contributed by atoms with Gasteiger partial charge in [0.05, 0.1) is 27.7 Å². The quantitative estimate of drug-likeness (QED) is 0.279. The number of carbonyl (C=O) groups is 1. The molecule has 1 N–H and O–H groups in total. The van der Waals surface area contributed by atoms with Gasteiger partial charge in [0.25, 0.3) is 0 Å². The second-order valence-corrected chi connectivity index (χ2v) is 11.9. The largest absolute Gasteiger partial charge is 0.481 e. The van der Waals surface area contributed by atoms with Gasteiger partial charge >= 0.3 is 11.7 Å².